The maximum Gasteiger partial charge on any atom is 0.263 e. The Kier molecular flexibility index (Phi) is 7.91. The zero-order valence-electron chi connectivity index (χ0n) is 18.7. The summed E-state index contributed by atoms with van der Waals surface area (Å²) in [6.45, 7) is 11.4. The lowest BCUT2D eigenvalue weighted by Gasteiger charge is -2.16. The number of para-hydroxylation sites is 1. The molecule has 2 aromatic heterocycles. The van der Waals surface area contributed by atoms with Crippen LogP contribution in [0.3, 0.4) is 0 Å². The summed E-state index contributed by atoms with van der Waals surface area (Å²) in [7, 11) is 0. The highest BCUT2D eigenvalue weighted by atomic mass is 32.2. The number of aromatic nitrogens is 2. The van der Waals surface area contributed by atoms with Crippen LogP contribution in [-0.4, -0.2) is 33.9 Å². The fraction of sp³-hybridized carbons (Fsp3) is 0.435. The number of thioether (sulfide) groups is 1. The van der Waals surface area contributed by atoms with Gasteiger partial charge in [-0.15, -0.1) is 11.3 Å². The van der Waals surface area contributed by atoms with Gasteiger partial charge in [-0.2, -0.15) is 0 Å². The third-order valence-corrected chi connectivity index (χ3v) is 7.37. The van der Waals surface area contributed by atoms with Crippen molar-refractivity contribution in [2.24, 2.45) is 0 Å². The smallest absolute Gasteiger partial charge is 0.263 e. The van der Waals surface area contributed by atoms with Crippen LogP contribution in [0.4, 0.5) is 5.69 Å². The molecule has 3 aromatic rings. The molecule has 2 heterocycles. The maximum atomic E-state index is 13.3. The van der Waals surface area contributed by atoms with Gasteiger partial charge in [0.15, 0.2) is 5.16 Å². The minimum Gasteiger partial charge on any atom is -0.382 e. The zero-order chi connectivity index (χ0) is 22.5. The summed E-state index contributed by atoms with van der Waals surface area (Å²) in [5.74, 6) is -0.118. The van der Waals surface area contributed by atoms with Crippen molar-refractivity contribution in [1.29, 1.82) is 0 Å². The second kappa shape index (κ2) is 10.4. The van der Waals surface area contributed by atoms with Crippen molar-refractivity contribution in [2.45, 2.75) is 58.0 Å². The molecule has 0 spiro atoms. The number of thiophene rings is 1. The van der Waals surface area contributed by atoms with Crippen LogP contribution in [0.25, 0.3) is 10.2 Å². The Labute approximate surface area is 191 Å². The molecule has 8 heteroatoms. The number of anilines is 1. The van der Waals surface area contributed by atoms with Crippen LogP contribution in [0.1, 0.15) is 36.3 Å². The van der Waals surface area contributed by atoms with E-state index in [9.17, 15) is 9.59 Å². The van der Waals surface area contributed by atoms with Crippen LogP contribution < -0.4 is 10.9 Å². The summed E-state index contributed by atoms with van der Waals surface area (Å²) in [4.78, 5) is 32.7. The molecule has 166 valence electrons. The number of benzene rings is 1. The molecule has 6 nitrogen and oxygen atoms in total. The second-order valence-corrected chi connectivity index (χ2v) is 9.94. The number of nitrogens with one attached hydrogen (secondary N) is 1. The van der Waals surface area contributed by atoms with E-state index < -0.39 is 5.25 Å². The van der Waals surface area contributed by atoms with Crippen molar-refractivity contribution in [3.8, 4) is 0 Å². The lowest BCUT2D eigenvalue weighted by molar-refractivity contribution is -0.115. The van der Waals surface area contributed by atoms with Gasteiger partial charge in [0.2, 0.25) is 5.91 Å². The van der Waals surface area contributed by atoms with Crippen LogP contribution in [0.15, 0.2) is 34.2 Å². The number of carbonyl (C=O) groups excluding carboxylic acids is 1. The van der Waals surface area contributed by atoms with Gasteiger partial charge in [0, 0.05) is 30.3 Å². The summed E-state index contributed by atoms with van der Waals surface area (Å²) in [5.41, 5.74) is 2.74. The molecule has 1 amide bonds. The molecule has 0 aliphatic heterocycles. The average molecular weight is 460 g/mol. The molecule has 0 saturated heterocycles. The molecule has 3 rings (SSSR count). The molecule has 0 aliphatic rings. The first-order valence-electron chi connectivity index (χ1n) is 10.4. The first-order chi connectivity index (χ1) is 14.8. The molecule has 1 aromatic carbocycles. The van der Waals surface area contributed by atoms with E-state index in [4.69, 9.17) is 9.72 Å². The Morgan fingerprint density at radius 1 is 1.29 bits per heavy atom. The number of hydrogen-bond donors (Lipinski definition) is 1. The van der Waals surface area contributed by atoms with Gasteiger partial charge in [-0.05, 0) is 58.2 Å². The van der Waals surface area contributed by atoms with Gasteiger partial charge < -0.3 is 10.1 Å². The molecule has 1 unspecified atom stereocenters. The summed E-state index contributed by atoms with van der Waals surface area (Å²) in [6.07, 6.45) is 0.709. The van der Waals surface area contributed by atoms with E-state index in [1.54, 1.807) is 4.57 Å². The molecule has 0 radical (unpaired) electrons. The largest absolute Gasteiger partial charge is 0.382 e. The molecule has 0 fully saturated rings. The van der Waals surface area contributed by atoms with Crippen molar-refractivity contribution in [3.05, 3.63) is 50.6 Å². The van der Waals surface area contributed by atoms with Gasteiger partial charge in [-0.3, -0.25) is 14.2 Å². The number of carbonyl (C=O) groups is 1. The van der Waals surface area contributed by atoms with Gasteiger partial charge in [0.1, 0.15) is 4.83 Å². The van der Waals surface area contributed by atoms with Gasteiger partial charge in [0.25, 0.3) is 5.56 Å². The van der Waals surface area contributed by atoms with Crippen LogP contribution in [0.2, 0.25) is 0 Å². The number of aryl methyl sites for hydroxylation is 3. The fourth-order valence-electron chi connectivity index (χ4n) is 3.22. The predicted molar refractivity (Wildman–Crippen MR) is 130 cm³/mol. The van der Waals surface area contributed by atoms with Crippen molar-refractivity contribution in [3.63, 3.8) is 0 Å². The van der Waals surface area contributed by atoms with Crippen LogP contribution >= 0.6 is 23.1 Å². The second-order valence-electron chi connectivity index (χ2n) is 7.43. The number of rotatable bonds is 9. The highest BCUT2D eigenvalue weighted by Gasteiger charge is 2.22. The SMILES string of the molecule is CCOCCCn1c(SC(C)C(=O)Nc2ccccc2C)nc2sc(C)c(C)c2c1=O. The number of ether oxygens (including phenoxy) is 1. The van der Waals surface area contributed by atoms with Gasteiger partial charge in [-0.1, -0.05) is 30.0 Å². The van der Waals surface area contributed by atoms with Gasteiger partial charge >= 0.3 is 0 Å². The molecule has 0 aliphatic carbocycles. The minimum absolute atomic E-state index is 0.0441. The maximum absolute atomic E-state index is 13.3. The molecule has 0 bridgehead atoms. The van der Waals surface area contributed by atoms with E-state index in [2.05, 4.69) is 5.32 Å². The average Bonchev–Trinajstić information content (AvgIpc) is 3.02. The Bertz CT molecular complexity index is 1140. The van der Waals surface area contributed by atoms with E-state index in [0.717, 1.165) is 26.5 Å². The lowest BCUT2D eigenvalue weighted by atomic mass is 10.2. The third-order valence-electron chi connectivity index (χ3n) is 5.18. The monoisotopic (exact) mass is 459 g/mol. The highest BCUT2D eigenvalue weighted by molar-refractivity contribution is 8.00. The first-order valence-corrected chi connectivity index (χ1v) is 12.1. The van der Waals surface area contributed by atoms with Crippen LogP contribution in [-0.2, 0) is 16.1 Å². The molecule has 1 atom stereocenters. The van der Waals surface area contributed by atoms with Crippen molar-refractivity contribution in [2.75, 3.05) is 18.5 Å². The molecular weight excluding hydrogens is 430 g/mol. The summed E-state index contributed by atoms with van der Waals surface area (Å²) in [6, 6.07) is 7.68. The quantitative estimate of drug-likeness (QED) is 0.279. The van der Waals surface area contributed by atoms with Crippen molar-refractivity contribution in [1.82, 2.24) is 9.55 Å². The minimum atomic E-state index is -0.413. The van der Waals surface area contributed by atoms with E-state index in [0.29, 0.717) is 36.7 Å². The number of hydrogen-bond acceptors (Lipinski definition) is 6. The van der Waals surface area contributed by atoms with E-state index in [1.807, 2.05) is 58.9 Å². The summed E-state index contributed by atoms with van der Waals surface area (Å²) < 4.78 is 7.14. The number of nitrogens with zero attached hydrogens (tertiary/aromatic N) is 2. The molecule has 0 saturated carbocycles. The van der Waals surface area contributed by atoms with E-state index >= 15 is 0 Å². The normalized spacial score (nSPS) is 12.3. The highest BCUT2D eigenvalue weighted by Crippen LogP contribution is 2.30. The Hall–Kier alpha value is -2.16. The third kappa shape index (κ3) is 5.37. The summed E-state index contributed by atoms with van der Waals surface area (Å²) >= 11 is 2.84. The van der Waals surface area contributed by atoms with Crippen LogP contribution in [0, 0.1) is 20.8 Å². The Morgan fingerprint density at radius 3 is 2.74 bits per heavy atom. The number of amides is 1. The molecular formula is C23H29N3O3S2. The topological polar surface area (TPSA) is 73.2 Å². The predicted octanol–water partition coefficient (Wildman–Crippen LogP) is 4.93. The molecule has 1 N–H and O–H groups in total. The fourth-order valence-corrected chi connectivity index (χ4v) is 5.23. The van der Waals surface area contributed by atoms with Gasteiger partial charge in [-0.25, -0.2) is 4.98 Å². The van der Waals surface area contributed by atoms with E-state index in [1.165, 1.54) is 23.1 Å². The number of fused-ring (bicyclic) bond motifs is 1. The van der Waals surface area contributed by atoms with Gasteiger partial charge in [0.05, 0.1) is 10.6 Å². The summed E-state index contributed by atoms with van der Waals surface area (Å²) in [5, 5.41) is 3.82. The molecule has 31 heavy (non-hydrogen) atoms. The standard InChI is InChI=1S/C23H29N3O3S2/c1-6-29-13-9-12-26-22(28)19-15(3)16(4)30-21(19)25-23(26)31-17(5)20(27)24-18-11-8-7-10-14(18)2/h7-8,10-11,17H,6,9,12-13H2,1-5H3,(H,24,27). The van der Waals surface area contributed by atoms with E-state index in [-0.39, 0.29) is 11.5 Å². The first kappa shape index (κ1) is 23.5. The van der Waals surface area contributed by atoms with Crippen LogP contribution in [0.5, 0.6) is 0 Å². The zero-order valence-corrected chi connectivity index (χ0v) is 20.3. The lowest BCUT2D eigenvalue weighted by Crippen LogP contribution is -2.27. The van der Waals surface area contributed by atoms with Crippen molar-refractivity contribution >= 4 is 44.9 Å². The van der Waals surface area contributed by atoms with Crippen molar-refractivity contribution < 1.29 is 9.53 Å². The Balaban J connectivity index is 1.89. The Morgan fingerprint density at radius 2 is 2.03 bits per heavy atom.